The average molecular weight is 299 g/mol. The van der Waals surface area contributed by atoms with E-state index in [0.29, 0.717) is 13.2 Å². The molecule has 0 bridgehead atoms. The van der Waals surface area contributed by atoms with Crippen LogP contribution in [-0.4, -0.2) is 23.7 Å². The third-order valence-corrected chi connectivity index (χ3v) is 3.82. The van der Waals surface area contributed by atoms with E-state index >= 15 is 0 Å². The molecule has 3 rings (SSSR count). The molecule has 0 aliphatic carbocycles. The van der Waals surface area contributed by atoms with Crippen molar-refractivity contribution in [2.24, 2.45) is 0 Å². The van der Waals surface area contributed by atoms with Gasteiger partial charge in [-0.05, 0) is 31.0 Å². The molecule has 0 spiro atoms. The number of fused-ring (bicyclic) bond motifs is 1. The predicted octanol–water partition coefficient (Wildman–Crippen LogP) is 2.70. The summed E-state index contributed by atoms with van der Waals surface area (Å²) < 4.78 is 7.75. The molecule has 1 aliphatic rings. The van der Waals surface area contributed by atoms with E-state index in [1.165, 1.54) is 0 Å². The largest absolute Gasteiger partial charge is 0.493 e. The van der Waals surface area contributed by atoms with Crippen molar-refractivity contribution in [1.29, 1.82) is 0 Å². The zero-order valence-electron chi connectivity index (χ0n) is 12.5. The molecule has 5 heteroatoms. The minimum Gasteiger partial charge on any atom is -0.493 e. The van der Waals surface area contributed by atoms with Crippen molar-refractivity contribution >= 4 is 6.03 Å². The Morgan fingerprint density at radius 2 is 2.05 bits per heavy atom. The van der Waals surface area contributed by atoms with Crippen LogP contribution in [0, 0.1) is 0 Å². The first-order valence-corrected chi connectivity index (χ1v) is 7.70. The number of rotatable bonds is 4. The molecule has 1 aliphatic heterocycles. The number of ether oxygens (including phenoxy) is 1. The summed E-state index contributed by atoms with van der Waals surface area (Å²) in [7, 11) is 0. The van der Waals surface area contributed by atoms with Crippen molar-refractivity contribution in [3.8, 4) is 5.75 Å². The van der Waals surface area contributed by atoms with E-state index in [1.54, 1.807) is 0 Å². The Morgan fingerprint density at radius 1 is 1.23 bits per heavy atom. The average Bonchev–Trinajstić information content (AvgIpc) is 2.96. The van der Waals surface area contributed by atoms with Crippen LogP contribution in [0.1, 0.15) is 24.4 Å². The highest BCUT2D eigenvalue weighted by Gasteiger charge is 2.20. The van der Waals surface area contributed by atoms with Gasteiger partial charge in [-0.25, -0.2) is 4.79 Å². The molecule has 5 nitrogen and oxygen atoms in total. The Kier molecular flexibility index (Phi) is 4.63. The van der Waals surface area contributed by atoms with Gasteiger partial charge in [0.15, 0.2) is 0 Å². The second kappa shape index (κ2) is 7.02. The SMILES string of the molecule is O=C(NCCn1cccc1)N[C@@H]1CCCOc2ccccc21. The summed E-state index contributed by atoms with van der Waals surface area (Å²) in [5.41, 5.74) is 1.06. The molecule has 2 heterocycles. The van der Waals surface area contributed by atoms with E-state index in [0.717, 1.165) is 30.7 Å². The topological polar surface area (TPSA) is 55.3 Å². The Bertz CT molecular complexity index is 610. The van der Waals surface area contributed by atoms with Gasteiger partial charge in [0.2, 0.25) is 0 Å². The number of nitrogens with zero attached hydrogens (tertiary/aromatic N) is 1. The van der Waals surface area contributed by atoms with E-state index < -0.39 is 0 Å². The number of carbonyl (C=O) groups excluding carboxylic acids is 1. The molecule has 0 unspecified atom stereocenters. The van der Waals surface area contributed by atoms with Gasteiger partial charge in [-0.15, -0.1) is 0 Å². The Balaban J connectivity index is 1.54. The minimum atomic E-state index is -0.131. The van der Waals surface area contributed by atoms with E-state index in [1.807, 2.05) is 53.4 Å². The molecule has 22 heavy (non-hydrogen) atoms. The number of hydrogen-bond donors (Lipinski definition) is 2. The van der Waals surface area contributed by atoms with Crippen LogP contribution in [0.3, 0.4) is 0 Å². The van der Waals surface area contributed by atoms with E-state index in [4.69, 9.17) is 4.74 Å². The van der Waals surface area contributed by atoms with E-state index in [2.05, 4.69) is 10.6 Å². The maximum absolute atomic E-state index is 12.1. The number of nitrogens with one attached hydrogen (secondary N) is 2. The lowest BCUT2D eigenvalue weighted by Gasteiger charge is -2.18. The molecule has 1 atom stereocenters. The molecule has 2 aromatic rings. The van der Waals surface area contributed by atoms with Crippen molar-refractivity contribution in [2.45, 2.75) is 25.4 Å². The van der Waals surface area contributed by atoms with Crippen LogP contribution in [0.5, 0.6) is 5.75 Å². The van der Waals surface area contributed by atoms with Crippen LogP contribution in [0.25, 0.3) is 0 Å². The second-order valence-corrected chi connectivity index (χ2v) is 5.40. The van der Waals surface area contributed by atoms with Crippen molar-refractivity contribution in [3.05, 3.63) is 54.4 Å². The molecule has 116 valence electrons. The molecular formula is C17H21N3O2. The van der Waals surface area contributed by atoms with E-state index in [-0.39, 0.29) is 12.1 Å². The minimum absolute atomic E-state index is 0.00489. The van der Waals surface area contributed by atoms with Crippen LogP contribution in [0.2, 0.25) is 0 Å². The number of para-hydroxylation sites is 1. The zero-order valence-corrected chi connectivity index (χ0v) is 12.5. The van der Waals surface area contributed by atoms with E-state index in [9.17, 15) is 4.79 Å². The second-order valence-electron chi connectivity index (χ2n) is 5.40. The molecule has 1 aromatic carbocycles. The third kappa shape index (κ3) is 3.61. The highest BCUT2D eigenvalue weighted by atomic mass is 16.5. The summed E-state index contributed by atoms with van der Waals surface area (Å²) in [5.74, 6) is 0.873. The highest BCUT2D eigenvalue weighted by Crippen LogP contribution is 2.30. The normalized spacial score (nSPS) is 17.0. The van der Waals surface area contributed by atoms with Gasteiger partial charge in [-0.1, -0.05) is 18.2 Å². The molecule has 0 fully saturated rings. The lowest BCUT2D eigenvalue weighted by molar-refractivity contribution is 0.236. The summed E-state index contributed by atoms with van der Waals surface area (Å²) >= 11 is 0. The fourth-order valence-corrected chi connectivity index (χ4v) is 2.70. The van der Waals surface area contributed by atoms with Crippen LogP contribution in [0.15, 0.2) is 48.8 Å². The molecule has 0 radical (unpaired) electrons. The van der Waals surface area contributed by atoms with Gasteiger partial charge < -0.3 is 19.9 Å². The molecular weight excluding hydrogens is 278 g/mol. The molecule has 2 amide bonds. The quantitative estimate of drug-likeness (QED) is 0.912. The molecule has 0 saturated carbocycles. The Hall–Kier alpha value is -2.43. The van der Waals surface area contributed by atoms with Crippen molar-refractivity contribution in [1.82, 2.24) is 15.2 Å². The summed E-state index contributed by atoms with van der Waals surface area (Å²) in [6.45, 7) is 2.07. The van der Waals surface area contributed by atoms with Gasteiger partial charge in [-0.2, -0.15) is 0 Å². The van der Waals surface area contributed by atoms with Crippen LogP contribution in [0.4, 0.5) is 4.79 Å². The number of hydrogen-bond acceptors (Lipinski definition) is 2. The molecule has 0 saturated heterocycles. The maximum atomic E-state index is 12.1. The number of amides is 2. The third-order valence-electron chi connectivity index (χ3n) is 3.82. The van der Waals surface area contributed by atoms with Crippen molar-refractivity contribution < 1.29 is 9.53 Å². The van der Waals surface area contributed by atoms with Gasteiger partial charge in [-0.3, -0.25) is 0 Å². The summed E-state index contributed by atoms with van der Waals surface area (Å²) in [4.78, 5) is 12.1. The molecule has 2 N–H and O–H groups in total. The predicted molar refractivity (Wildman–Crippen MR) is 84.9 cm³/mol. The highest BCUT2D eigenvalue weighted by molar-refractivity contribution is 5.74. The van der Waals surface area contributed by atoms with Gasteiger partial charge in [0.05, 0.1) is 12.6 Å². The summed E-state index contributed by atoms with van der Waals surface area (Å²) in [6.07, 6.45) is 5.79. The van der Waals surface area contributed by atoms with Crippen molar-refractivity contribution in [2.75, 3.05) is 13.2 Å². The Morgan fingerprint density at radius 3 is 2.91 bits per heavy atom. The summed E-state index contributed by atoms with van der Waals surface area (Å²) in [6, 6.07) is 11.7. The lowest BCUT2D eigenvalue weighted by Crippen LogP contribution is -2.39. The van der Waals surface area contributed by atoms with Crippen LogP contribution < -0.4 is 15.4 Å². The first-order chi connectivity index (χ1) is 10.8. The zero-order chi connectivity index (χ0) is 15.2. The fourth-order valence-electron chi connectivity index (χ4n) is 2.70. The van der Waals surface area contributed by atoms with Gasteiger partial charge in [0.1, 0.15) is 5.75 Å². The van der Waals surface area contributed by atoms with Gasteiger partial charge >= 0.3 is 6.03 Å². The standard InChI is InChI=1S/C17H21N3O2/c21-17(18-9-12-20-10-3-4-11-20)19-15-7-5-13-22-16-8-2-1-6-14(15)16/h1-4,6,8,10-11,15H,5,7,9,12-13H2,(H2,18,19,21)/t15-/m1/s1. The van der Waals surface area contributed by atoms with Gasteiger partial charge in [0, 0.05) is 31.0 Å². The monoisotopic (exact) mass is 299 g/mol. The Labute approximate surface area is 130 Å². The van der Waals surface area contributed by atoms with Crippen LogP contribution in [-0.2, 0) is 6.54 Å². The number of benzene rings is 1. The number of urea groups is 1. The van der Waals surface area contributed by atoms with Crippen molar-refractivity contribution in [3.63, 3.8) is 0 Å². The summed E-state index contributed by atoms with van der Waals surface area (Å²) in [5, 5.41) is 5.96. The maximum Gasteiger partial charge on any atom is 0.315 e. The fraction of sp³-hybridized carbons (Fsp3) is 0.353. The smallest absolute Gasteiger partial charge is 0.315 e. The first-order valence-electron chi connectivity index (χ1n) is 7.70. The van der Waals surface area contributed by atoms with Gasteiger partial charge in [0.25, 0.3) is 0 Å². The first kappa shape index (κ1) is 14.5. The molecule has 1 aromatic heterocycles. The number of aromatic nitrogens is 1. The number of carbonyl (C=O) groups is 1. The van der Waals surface area contributed by atoms with Crippen LogP contribution >= 0.6 is 0 Å². The lowest BCUT2D eigenvalue weighted by atomic mass is 10.0.